The minimum atomic E-state index is -3.55. The van der Waals surface area contributed by atoms with Gasteiger partial charge < -0.3 is 9.64 Å². The van der Waals surface area contributed by atoms with Gasteiger partial charge in [0.1, 0.15) is 17.3 Å². The smallest absolute Gasteiger partial charge is 0.243 e. The predicted molar refractivity (Wildman–Crippen MR) is 130 cm³/mol. The van der Waals surface area contributed by atoms with Crippen LogP contribution >= 0.6 is 0 Å². The molecule has 0 aromatic heterocycles. The summed E-state index contributed by atoms with van der Waals surface area (Å²) in [5.74, 6) is 2.31. The highest BCUT2D eigenvalue weighted by molar-refractivity contribution is 7.89. The van der Waals surface area contributed by atoms with E-state index in [-0.39, 0.29) is 6.04 Å². The summed E-state index contributed by atoms with van der Waals surface area (Å²) in [6.07, 6.45) is 0. The summed E-state index contributed by atoms with van der Waals surface area (Å²) >= 11 is 0. The molecule has 0 saturated carbocycles. The molecule has 0 N–H and O–H groups in total. The Balaban J connectivity index is 1.50. The fraction of sp³-hybridized carbons (Fsp3) is 0.269. The molecule has 2 aliphatic rings. The molecule has 0 unspecified atom stereocenters. The number of hydrogen-bond acceptors (Lipinski definition) is 5. The first kappa shape index (κ1) is 21.7. The Labute approximate surface area is 195 Å². The van der Waals surface area contributed by atoms with Gasteiger partial charge in [0.25, 0.3) is 0 Å². The molecule has 2 heterocycles. The van der Waals surface area contributed by atoms with Crippen molar-refractivity contribution >= 4 is 21.5 Å². The van der Waals surface area contributed by atoms with Crippen molar-refractivity contribution in [1.82, 2.24) is 9.21 Å². The van der Waals surface area contributed by atoms with Gasteiger partial charge >= 0.3 is 0 Å². The minimum absolute atomic E-state index is 0.207. The van der Waals surface area contributed by atoms with Crippen LogP contribution in [0.15, 0.2) is 76.6 Å². The molecule has 0 radical (unpaired) electrons. The van der Waals surface area contributed by atoms with Gasteiger partial charge in [-0.1, -0.05) is 35.9 Å². The van der Waals surface area contributed by atoms with Crippen LogP contribution < -0.4 is 4.74 Å². The zero-order valence-corrected chi connectivity index (χ0v) is 19.8. The lowest BCUT2D eigenvalue weighted by atomic mass is 10.1. The number of rotatable bonds is 2. The average Bonchev–Trinajstić information content (AvgIpc) is 2.95. The second-order valence-corrected chi connectivity index (χ2v) is 10.6. The van der Waals surface area contributed by atoms with Crippen LogP contribution in [0.25, 0.3) is 0 Å². The molecule has 6 nitrogen and oxygen atoms in total. The number of benzene rings is 3. The Morgan fingerprint density at radius 2 is 1.64 bits per heavy atom. The molecule has 3 aromatic carbocycles. The standard InChI is InChI=1S/C26H27N3O3S/c1-18-10-12-24-22(15-18)26(27-23-11-9-19(2)16-25(23)32-24)28-13-14-29(20(3)17-28)33(30,31)21-7-5-4-6-8-21/h4-12,15-16,20H,13-14,17H2,1-3H3/t20-/m0/s1. The fourth-order valence-corrected chi connectivity index (χ4v) is 6.09. The van der Waals surface area contributed by atoms with Crippen LogP contribution in [-0.2, 0) is 10.0 Å². The SMILES string of the molecule is Cc1ccc2c(c1)Oc1ccc(C)cc1C(N1CCN(S(=O)(=O)c3ccccc3)[C@@H](C)C1)=N2. The van der Waals surface area contributed by atoms with Gasteiger partial charge in [-0.25, -0.2) is 13.4 Å². The lowest BCUT2D eigenvalue weighted by Gasteiger charge is -2.40. The summed E-state index contributed by atoms with van der Waals surface area (Å²) in [4.78, 5) is 7.52. The van der Waals surface area contributed by atoms with Crippen LogP contribution in [0.2, 0.25) is 0 Å². The molecule has 170 valence electrons. The quantitative estimate of drug-likeness (QED) is 0.546. The van der Waals surface area contributed by atoms with Crippen molar-refractivity contribution in [3.05, 3.63) is 83.4 Å². The van der Waals surface area contributed by atoms with Gasteiger partial charge in [-0.3, -0.25) is 0 Å². The van der Waals surface area contributed by atoms with Gasteiger partial charge in [-0.2, -0.15) is 4.31 Å². The maximum Gasteiger partial charge on any atom is 0.243 e. The zero-order chi connectivity index (χ0) is 23.2. The molecular formula is C26H27N3O3S. The van der Waals surface area contributed by atoms with E-state index in [1.807, 2.05) is 57.2 Å². The Morgan fingerprint density at radius 1 is 0.909 bits per heavy atom. The largest absolute Gasteiger partial charge is 0.454 e. The topological polar surface area (TPSA) is 62.2 Å². The highest BCUT2D eigenvalue weighted by Gasteiger charge is 2.35. The second kappa shape index (κ2) is 8.32. The van der Waals surface area contributed by atoms with E-state index in [1.54, 1.807) is 28.6 Å². The van der Waals surface area contributed by atoms with Crippen molar-refractivity contribution in [1.29, 1.82) is 0 Å². The normalized spacial score (nSPS) is 18.6. The summed E-state index contributed by atoms with van der Waals surface area (Å²) in [6.45, 7) is 7.51. The first-order valence-corrected chi connectivity index (χ1v) is 12.6. The Kier molecular flexibility index (Phi) is 5.46. The fourth-order valence-electron chi connectivity index (χ4n) is 4.46. The van der Waals surface area contributed by atoms with Crippen molar-refractivity contribution < 1.29 is 13.2 Å². The number of hydrogen-bond donors (Lipinski definition) is 0. The second-order valence-electron chi connectivity index (χ2n) is 8.73. The van der Waals surface area contributed by atoms with E-state index in [4.69, 9.17) is 9.73 Å². The lowest BCUT2D eigenvalue weighted by Crippen LogP contribution is -2.55. The van der Waals surface area contributed by atoms with Crippen LogP contribution in [0.5, 0.6) is 11.5 Å². The van der Waals surface area contributed by atoms with Crippen molar-refractivity contribution in [2.24, 2.45) is 4.99 Å². The summed E-state index contributed by atoms with van der Waals surface area (Å²) in [7, 11) is -3.55. The third kappa shape index (κ3) is 4.03. The van der Waals surface area contributed by atoms with Crippen LogP contribution in [0, 0.1) is 13.8 Å². The lowest BCUT2D eigenvalue weighted by molar-refractivity contribution is 0.206. The van der Waals surface area contributed by atoms with Gasteiger partial charge in [0.05, 0.1) is 10.5 Å². The van der Waals surface area contributed by atoms with Crippen LogP contribution in [-0.4, -0.2) is 49.1 Å². The molecular weight excluding hydrogens is 434 g/mol. The van der Waals surface area contributed by atoms with Crippen molar-refractivity contribution in [3.8, 4) is 11.5 Å². The summed E-state index contributed by atoms with van der Waals surface area (Å²) in [5.41, 5.74) is 3.92. The third-order valence-corrected chi connectivity index (χ3v) is 8.18. The van der Waals surface area contributed by atoms with Gasteiger partial charge in [0.15, 0.2) is 5.75 Å². The maximum absolute atomic E-state index is 13.2. The Bertz CT molecular complexity index is 1340. The summed E-state index contributed by atoms with van der Waals surface area (Å²) in [5, 5.41) is 0. The molecule has 7 heteroatoms. The molecule has 1 fully saturated rings. The van der Waals surface area contributed by atoms with Crippen LogP contribution in [0.4, 0.5) is 5.69 Å². The van der Waals surface area contributed by atoms with Gasteiger partial charge in [0, 0.05) is 25.7 Å². The first-order valence-electron chi connectivity index (χ1n) is 11.1. The number of ether oxygens (including phenoxy) is 1. The number of amidine groups is 1. The van der Waals surface area contributed by atoms with E-state index in [0.717, 1.165) is 39.7 Å². The first-order chi connectivity index (χ1) is 15.8. The molecule has 1 saturated heterocycles. The number of aliphatic imine (C=N–C) groups is 1. The molecule has 0 spiro atoms. The maximum atomic E-state index is 13.2. The van der Waals surface area contributed by atoms with Gasteiger partial charge in [0.2, 0.25) is 10.0 Å². The molecule has 0 aliphatic carbocycles. The molecule has 5 rings (SSSR count). The van der Waals surface area contributed by atoms with Crippen molar-refractivity contribution in [3.63, 3.8) is 0 Å². The Morgan fingerprint density at radius 3 is 2.39 bits per heavy atom. The van der Waals surface area contributed by atoms with E-state index in [0.29, 0.717) is 24.5 Å². The van der Waals surface area contributed by atoms with E-state index < -0.39 is 10.0 Å². The van der Waals surface area contributed by atoms with E-state index in [2.05, 4.69) is 11.0 Å². The predicted octanol–water partition coefficient (Wildman–Crippen LogP) is 4.88. The summed E-state index contributed by atoms with van der Waals surface area (Å²) < 4.78 is 34.3. The van der Waals surface area contributed by atoms with Gasteiger partial charge in [-0.15, -0.1) is 0 Å². The highest BCUT2D eigenvalue weighted by Crippen LogP contribution is 2.39. The number of aryl methyl sites for hydroxylation is 2. The van der Waals surface area contributed by atoms with Crippen molar-refractivity contribution in [2.75, 3.05) is 19.6 Å². The number of piperazine rings is 1. The average molecular weight is 462 g/mol. The third-order valence-electron chi connectivity index (χ3n) is 6.15. The van der Waals surface area contributed by atoms with E-state index >= 15 is 0 Å². The zero-order valence-electron chi connectivity index (χ0n) is 19.0. The van der Waals surface area contributed by atoms with E-state index in [1.165, 1.54) is 0 Å². The molecule has 2 aliphatic heterocycles. The number of sulfonamides is 1. The van der Waals surface area contributed by atoms with Gasteiger partial charge in [-0.05, 0) is 62.7 Å². The molecule has 0 bridgehead atoms. The highest BCUT2D eigenvalue weighted by atomic mass is 32.2. The summed E-state index contributed by atoms with van der Waals surface area (Å²) in [6, 6.07) is 20.5. The monoisotopic (exact) mass is 461 g/mol. The van der Waals surface area contributed by atoms with Crippen molar-refractivity contribution in [2.45, 2.75) is 31.7 Å². The molecule has 1 atom stereocenters. The molecule has 33 heavy (non-hydrogen) atoms. The Hall–Kier alpha value is -3.16. The number of fused-ring (bicyclic) bond motifs is 2. The molecule has 3 aromatic rings. The molecule has 0 amide bonds. The van der Waals surface area contributed by atoms with Crippen LogP contribution in [0.3, 0.4) is 0 Å². The number of nitrogens with zero attached hydrogens (tertiary/aromatic N) is 3. The van der Waals surface area contributed by atoms with E-state index in [9.17, 15) is 8.42 Å². The minimum Gasteiger partial charge on any atom is -0.454 e. The van der Waals surface area contributed by atoms with Crippen LogP contribution in [0.1, 0.15) is 23.6 Å².